The third-order valence-electron chi connectivity index (χ3n) is 4.21. The lowest BCUT2D eigenvalue weighted by atomic mass is 9.95. The van der Waals surface area contributed by atoms with E-state index in [0.717, 1.165) is 16.8 Å². The van der Waals surface area contributed by atoms with Gasteiger partial charge in [0.2, 0.25) is 0 Å². The molecule has 2 aromatic rings. The van der Waals surface area contributed by atoms with Gasteiger partial charge in [0.05, 0.1) is 6.61 Å². The monoisotopic (exact) mass is 423 g/mol. The predicted molar refractivity (Wildman–Crippen MR) is 99.8 cm³/mol. The van der Waals surface area contributed by atoms with E-state index in [1.54, 1.807) is 18.2 Å². The maximum atomic E-state index is 12.3. The van der Waals surface area contributed by atoms with Crippen molar-refractivity contribution in [1.82, 2.24) is 9.55 Å². The van der Waals surface area contributed by atoms with Gasteiger partial charge in [0.1, 0.15) is 18.0 Å². The lowest BCUT2D eigenvalue weighted by Gasteiger charge is -2.26. The molecule has 1 saturated heterocycles. The highest BCUT2D eigenvalue weighted by Gasteiger charge is 2.56. The molecule has 2 heterocycles. The van der Waals surface area contributed by atoms with E-state index in [0.29, 0.717) is 0 Å². The van der Waals surface area contributed by atoms with Crippen molar-refractivity contribution in [2.45, 2.75) is 24.0 Å². The molecule has 1 aromatic carbocycles. The largest absolute Gasteiger partial charge is 0.456 e. The average Bonchev–Trinajstić information content (AvgIpc) is 2.92. The second-order valence-electron chi connectivity index (χ2n) is 6.20. The molecular formula is C17H18N3O8P. The minimum Gasteiger partial charge on any atom is -0.413 e. The number of para-hydroxylation sites is 1. The second kappa shape index (κ2) is 7.96. The Balaban J connectivity index is 1.77. The van der Waals surface area contributed by atoms with Crippen LogP contribution in [-0.2, 0) is 13.8 Å². The van der Waals surface area contributed by atoms with Crippen LogP contribution < -0.4 is 21.3 Å². The van der Waals surface area contributed by atoms with Crippen LogP contribution >= 0.6 is 7.75 Å². The SMILES string of the molecule is C#C[C@@]1(O)[C@H](O)C(COP(N)(=O)Oc2ccccc2)O[C@H]1n1ccc(=O)[nH]c1=O. The quantitative estimate of drug-likeness (QED) is 0.348. The molecule has 3 rings (SSSR count). The minimum atomic E-state index is -4.09. The first-order valence-corrected chi connectivity index (χ1v) is 9.90. The van der Waals surface area contributed by atoms with Crippen LogP contribution in [0.15, 0.2) is 52.2 Å². The lowest BCUT2D eigenvalue weighted by molar-refractivity contribution is -0.0756. The number of hydrogen-bond donors (Lipinski definition) is 4. The Labute approximate surface area is 164 Å². The summed E-state index contributed by atoms with van der Waals surface area (Å²) in [5.74, 6) is 2.19. The van der Waals surface area contributed by atoms with Crippen molar-refractivity contribution in [3.63, 3.8) is 0 Å². The summed E-state index contributed by atoms with van der Waals surface area (Å²) in [5.41, 5.74) is 1.61. The van der Waals surface area contributed by atoms with Gasteiger partial charge in [-0.15, -0.1) is 6.42 Å². The van der Waals surface area contributed by atoms with Gasteiger partial charge in [0.15, 0.2) is 11.8 Å². The van der Waals surface area contributed by atoms with Gasteiger partial charge < -0.3 is 19.5 Å². The number of aromatic amines is 1. The molecule has 0 saturated carbocycles. The smallest absolute Gasteiger partial charge is 0.413 e. The van der Waals surface area contributed by atoms with E-state index >= 15 is 0 Å². The van der Waals surface area contributed by atoms with Crippen molar-refractivity contribution in [3.05, 3.63) is 63.4 Å². The van der Waals surface area contributed by atoms with Crippen LogP contribution in [0.4, 0.5) is 0 Å². The molecular weight excluding hydrogens is 405 g/mol. The van der Waals surface area contributed by atoms with Gasteiger partial charge in [-0.3, -0.25) is 18.9 Å². The third-order valence-corrected chi connectivity index (χ3v) is 5.19. The summed E-state index contributed by atoms with van der Waals surface area (Å²) in [4.78, 5) is 25.2. The van der Waals surface area contributed by atoms with Crippen LogP contribution in [-0.4, -0.2) is 44.2 Å². The number of terminal acetylenes is 1. The van der Waals surface area contributed by atoms with E-state index in [1.807, 2.05) is 10.9 Å². The van der Waals surface area contributed by atoms with E-state index in [2.05, 4.69) is 0 Å². The second-order valence-corrected chi connectivity index (χ2v) is 7.72. The Morgan fingerprint density at radius 1 is 1.34 bits per heavy atom. The zero-order valence-corrected chi connectivity index (χ0v) is 15.8. The van der Waals surface area contributed by atoms with Gasteiger partial charge in [-0.25, -0.2) is 14.9 Å². The molecule has 1 aliphatic rings. The Bertz CT molecular complexity index is 1080. The van der Waals surface area contributed by atoms with Gasteiger partial charge in [0, 0.05) is 12.3 Å². The van der Waals surface area contributed by atoms with Gasteiger partial charge in [0.25, 0.3) is 5.56 Å². The summed E-state index contributed by atoms with van der Waals surface area (Å²) in [6.07, 6.45) is 1.81. The highest BCUT2D eigenvalue weighted by Crippen LogP contribution is 2.43. The number of ether oxygens (including phenoxy) is 1. The van der Waals surface area contributed by atoms with Crippen molar-refractivity contribution in [2.75, 3.05) is 6.61 Å². The Morgan fingerprint density at radius 3 is 2.66 bits per heavy atom. The molecule has 1 aromatic heterocycles. The summed E-state index contributed by atoms with van der Waals surface area (Å²) in [6, 6.07) is 9.04. The summed E-state index contributed by atoms with van der Waals surface area (Å²) >= 11 is 0. The first-order chi connectivity index (χ1) is 13.7. The zero-order valence-electron chi connectivity index (χ0n) is 14.9. The molecule has 1 fully saturated rings. The number of nitrogens with two attached hydrogens (primary N) is 1. The van der Waals surface area contributed by atoms with Crippen LogP contribution in [0.2, 0.25) is 0 Å². The Morgan fingerprint density at radius 2 is 2.03 bits per heavy atom. The molecule has 154 valence electrons. The van der Waals surface area contributed by atoms with Crippen molar-refractivity contribution in [3.8, 4) is 18.1 Å². The van der Waals surface area contributed by atoms with Gasteiger partial charge in [-0.1, -0.05) is 24.1 Å². The van der Waals surface area contributed by atoms with E-state index in [4.69, 9.17) is 25.7 Å². The topological polar surface area (TPSA) is 166 Å². The molecule has 11 nitrogen and oxygen atoms in total. The molecule has 0 spiro atoms. The van der Waals surface area contributed by atoms with E-state index in [-0.39, 0.29) is 5.75 Å². The summed E-state index contributed by atoms with van der Waals surface area (Å²) in [7, 11) is -4.09. The van der Waals surface area contributed by atoms with Crippen molar-refractivity contribution >= 4 is 7.75 Å². The summed E-state index contributed by atoms with van der Waals surface area (Å²) in [5, 5.41) is 21.1. The number of aliphatic hydroxyl groups excluding tert-OH is 1. The molecule has 12 heteroatoms. The number of H-pyrrole nitrogens is 1. The van der Waals surface area contributed by atoms with Gasteiger partial charge in [-0.2, -0.15) is 0 Å². The van der Waals surface area contributed by atoms with Crippen LogP contribution in [0, 0.1) is 12.3 Å². The fraction of sp³-hybridized carbons (Fsp3) is 0.294. The molecule has 5 N–H and O–H groups in total. The zero-order chi connectivity index (χ0) is 21.2. The minimum absolute atomic E-state index is 0.198. The number of rotatable bonds is 6. The molecule has 0 bridgehead atoms. The van der Waals surface area contributed by atoms with Crippen LogP contribution in [0.3, 0.4) is 0 Å². The normalized spacial score (nSPS) is 28.4. The maximum Gasteiger partial charge on any atom is 0.456 e. The third kappa shape index (κ3) is 4.33. The van der Waals surface area contributed by atoms with Gasteiger partial charge >= 0.3 is 13.4 Å². The molecule has 0 radical (unpaired) electrons. The highest BCUT2D eigenvalue weighted by atomic mass is 31.2. The fourth-order valence-corrected chi connectivity index (χ4v) is 3.60. The number of aromatic nitrogens is 2. The van der Waals surface area contributed by atoms with E-state index in [1.165, 1.54) is 12.1 Å². The molecule has 2 unspecified atom stereocenters. The first kappa shape index (κ1) is 21.0. The average molecular weight is 423 g/mol. The summed E-state index contributed by atoms with van der Waals surface area (Å²) < 4.78 is 28.8. The van der Waals surface area contributed by atoms with Gasteiger partial charge in [-0.05, 0) is 12.1 Å². The van der Waals surface area contributed by atoms with Crippen LogP contribution in [0.5, 0.6) is 5.75 Å². The lowest BCUT2D eigenvalue weighted by Crippen LogP contribution is -2.48. The van der Waals surface area contributed by atoms with E-state index in [9.17, 15) is 24.4 Å². The number of nitrogens with one attached hydrogen (secondary N) is 1. The molecule has 5 atom stereocenters. The number of benzene rings is 1. The highest BCUT2D eigenvalue weighted by molar-refractivity contribution is 7.51. The number of aliphatic hydroxyl groups is 2. The van der Waals surface area contributed by atoms with Crippen LogP contribution in [0.25, 0.3) is 0 Å². The van der Waals surface area contributed by atoms with Crippen molar-refractivity contribution < 1.29 is 28.6 Å². The predicted octanol–water partition coefficient (Wildman–Crippen LogP) is -0.678. The first-order valence-electron chi connectivity index (χ1n) is 8.29. The molecule has 0 aliphatic carbocycles. The summed E-state index contributed by atoms with van der Waals surface area (Å²) in [6.45, 7) is -0.569. The Hall–Kier alpha value is -2.71. The Kier molecular flexibility index (Phi) is 5.77. The fourth-order valence-electron chi connectivity index (χ4n) is 2.78. The molecule has 0 amide bonds. The van der Waals surface area contributed by atoms with E-state index < -0.39 is 49.6 Å². The number of nitrogens with zero attached hydrogens (tertiary/aromatic N) is 1. The molecule has 29 heavy (non-hydrogen) atoms. The van der Waals surface area contributed by atoms with Crippen molar-refractivity contribution in [2.24, 2.45) is 5.50 Å². The standard InChI is InChI=1S/C17H18N3O8P/c1-2-17(24)14(22)12(27-15(17)20-9-8-13(21)19-16(20)23)10-26-29(18,25)28-11-6-4-3-5-7-11/h1,3-9,12,14-15,22,24H,10H2,(H2,18,25)(H,19,21,23)/t12?,14-,15-,17-,29?/m1/s1. The molecule has 1 aliphatic heterocycles. The maximum absolute atomic E-state index is 12.3. The van der Waals surface area contributed by atoms with Crippen LogP contribution in [0.1, 0.15) is 6.23 Å². The van der Waals surface area contributed by atoms with Crippen molar-refractivity contribution in [1.29, 1.82) is 0 Å². The number of hydrogen-bond acceptors (Lipinski definition) is 8.